The first kappa shape index (κ1) is 10.7. The number of hydrogen-bond donors (Lipinski definition) is 2. The number of carbonyl (C=O) groups is 1. The van der Waals surface area contributed by atoms with Crippen molar-refractivity contribution in [2.75, 3.05) is 5.75 Å². The van der Waals surface area contributed by atoms with Gasteiger partial charge in [-0.1, -0.05) is 12.1 Å². The van der Waals surface area contributed by atoms with Gasteiger partial charge in [0.1, 0.15) is 11.5 Å². The molecule has 0 fully saturated rings. The third-order valence-electron chi connectivity index (χ3n) is 1.52. The Morgan fingerprint density at radius 1 is 1.29 bits per heavy atom. The van der Waals surface area contributed by atoms with E-state index in [1.807, 2.05) is 0 Å². The molecule has 0 aliphatic carbocycles. The zero-order chi connectivity index (χ0) is 10.8. The summed E-state index contributed by atoms with van der Waals surface area (Å²) in [5.41, 5.74) is -0.120. The molecule has 0 aromatic heterocycles. The van der Waals surface area contributed by atoms with Gasteiger partial charge in [0.2, 0.25) is 0 Å². The first-order valence-corrected chi connectivity index (χ1v) is 5.27. The van der Waals surface area contributed by atoms with Crippen molar-refractivity contribution < 1.29 is 22.9 Å². The van der Waals surface area contributed by atoms with Crippen molar-refractivity contribution in [3.8, 4) is 5.75 Å². The van der Waals surface area contributed by atoms with E-state index in [4.69, 9.17) is 4.55 Å². The number of aromatic hydroxyl groups is 1. The smallest absolute Gasteiger partial charge is 0.272 e. The highest BCUT2D eigenvalue weighted by Gasteiger charge is 2.17. The third kappa shape index (κ3) is 2.82. The number of benzene rings is 1. The van der Waals surface area contributed by atoms with Crippen LogP contribution in [0.2, 0.25) is 0 Å². The van der Waals surface area contributed by atoms with E-state index in [0.29, 0.717) is 0 Å². The summed E-state index contributed by atoms with van der Waals surface area (Å²) in [7, 11) is -4.35. The summed E-state index contributed by atoms with van der Waals surface area (Å²) >= 11 is 0. The molecule has 1 rings (SSSR count). The molecule has 0 spiro atoms. The fourth-order valence-corrected chi connectivity index (χ4v) is 1.44. The predicted molar refractivity (Wildman–Crippen MR) is 48.9 cm³/mol. The molecule has 0 saturated heterocycles. The minimum absolute atomic E-state index is 0.120. The van der Waals surface area contributed by atoms with Gasteiger partial charge in [0.25, 0.3) is 10.1 Å². The fraction of sp³-hybridized carbons (Fsp3) is 0.125. The second-order valence-corrected chi connectivity index (χ2v) is 4.12. The molecule has 1 aromatic carbocycles. The molecule has 0 amide bonds. The number of para-hydroxylation sites is 1. The summed E-state index contributed by atoms with van der Waals surface area (Å²) in [5.74, 6) is -2.17. The van der Waals surface area contributed by atoms with Crippen LogP contribution in [0.1, 0.15) is 10.4 Å². The van der Waals surface area contributed by atoms with E-state index in [0.717, 1.165) is 0 Å². The molecule has 0 saturated carbocycles. The largest absolute Gasteiger partial charge is 0.507 e. The number of phenols is 1. The molecule has 0 atom stereocenters. The lowest BCUT2D eigenvalue weighted by Crippen LogP contribution is -2.15. The average Bonchev–Trinajstić information content (AvgIpc) is 2.01. The van der Waals surface area contributed by atoms with Gasteiger partial charge in [0, 0.05) is 0 Å². The van der Waals surface area contributed by atoms with E-state index in [1.54, 1.807) is 0 Å². The Balaban J connectivity index is 2.97. The Labute approximate surface area is 80.7 Å². The van der Waals surface area contributed by atoms with Gasteiger partial charge in [-0.15, -0.1) is 0 Å². The van der Waals surface area contributed by atoms with Gasteiger partial charge in [0.15, 0.2) is 5.78 Å². The third-order valence-corrected chi connectivity index (χ3v) is 2.14. The summed E-state index contributed by atoms with van der Waals surface area (Å²) in [4.78, 5) is 11.2. The molecule has 14 heavy (non-hydrogen) atoms. The molecule has 6 heteroatoms. The SMILES string of the molecule is O=C(CS(=O)(=O)O)c1ccccc1O. The normalized spacial score (nSPS) is 11.2. The first-order chi connectivity index (χ1) is 6.40. The Morgan fingerprint density at radius 3 is 2.36 bits per heavy atom. The van der Waals surface area contributed by atoms with Crippen LogP contribution in [0, 0.1) is 0 Å². The highest BCUT2D eigenvalue weighted by molar-refractivity contribution is 7.86. The quantitative estimate of drug-likeness (QED) is 0.565. The van der Waals surface area contributed by atoms with Crippen LogP contribution in [0.25, 0.3) is 0 Å². The van der Waals surface area contributed by atoms with E-state index in [1.165, 1.54) is 24.3 Å². The minimum atomic E-state index is -4.35. The van der Waals surface area contributed by atoms with Crippen LogP contribution < -0.4 is 0 Å². The van der Waals surface area contributed by atoms with Crippen LogP contribution in [0.15, 0.2) is 24.3 Å². The summed E-state index contributed by atoms with van der Waals surface area (Å²) in [6, 6.07) is 5.52. The first-order valence-electron chi connectivity index (χ1n) is 3.66. The van der Waals surface area contributed by atoms with E-state index in [2.05, 4.69) is 0 Å². The minimum Gasteiger partial charge on any atom is -0.507 e. The number of ketones is 1. The van der Waals surface area contributed by atoms with Crippen LogP contribution in [0.5, 0.6) is 5.75 Å². The zero-order valence-electron chi connectivity index (χ0n) is 7.04. The van der Waals surface area contributed by atoms with Crippen molar-refractivity contribution in [1.29, 1.82) is 0 Å². The number of rotatable bonds is 3. The molecule has 2 N–H and O–H groups in total. The zero-order valence-corrected chi connectivity index (χ0v) is 7.86. The second-order valence-electron chi connectivity index (χ2n) is 2.67. The average molecular weight is 216 g/mol. The Morgan fingerprint density at radius 2 is 1.86 bits per heavy atom. The maximum atomic E-state index is 11.2. The number of Topliss-reactive ketones (excluding diaryl/α,β-unsaturated/α-hetero) is 1. The van der Waals surface area contributed by atoms with Gasteiger partial charge in [-0.3, -0.25) is 9.35 Å². The van der Waals surface area contributed by atoms with Crippen molar-refractivity contribution >= 4 is 15.9 Å². The standard InChI is InChI=1S/C8H8O5S/c9-7-4-2-1-3-6(7)8(10)5-14(11,12)13/h1-4,9H,5H2,(H,11,12,13). The van der Waals surface area contributed by atoms with E-state index in [9.17, 15) is 18.3 Å². The topological polar surface area (TPSA) is 91.7 Å². The molecular formula is C8H8O5S. The lowest BCUT2D eigenvalue weighted by Gasteiger charge is -2.00. The molecule has 0 unspecified atom stereocenters. The van der Waals surface area contributed by atoms with Gasteiger partial charge in [-0.05, 0) is 12.1 Å². The molecule has 0 heterocycles. The number of hydrogen-bond acceptors (Lipinski definition) is 4. The van der Waals surface area contributed by atoms with Gasteiger partial charge < -0.3 is 5.11 Å². The summed E-state index contributed by atoms with van der Waals surface area (Å²) in [5, 5.41) is 9.18. The summed E-state index contributed by atoms with van der Waals surface area (Å²) < 4.78 is 29.2. The van der Waals surface area contributed by atoms with Crippen LogP contribution in [-0.4, -0.2) is 29.6 Å². The van der Waals surface area contributed by atoms with Crippen LogP contribution in [-0.2, 0) is 10.1 Å². The number of carbonyl (C=O) groups excluding carboxylic acids is 1. The van der Waals surface area contributed by atoms with Crippen LogP contribution >= 0.6 is 0 Å². The Bertz CT molecular complexity index is 449. The predicted octanol–water partition coefficient (Wildman–Crippen LogP) is 0.463. The Hall–Kier alpha value is -1.40. The summed E-state index contributed by atoms with van der Waals surface area (Å²) in [6.45, 7) is 0. The lowest BCUT2D eigenvalue weighted by molar-refractivity contribution is 0.101. The monoisotopic (exact) mass is 216 g/mol. The molecule has 0 radical (unpaired) electrons. The molecule has 0 aliphatic heterocycles. The van der Waals surface area contributed by atoms with Gasteiger partial charge >= 0.3 is 0 Å². The van der Waals surface area contributed by atoms with E-state index in [-0.39, 0.29) is 11.3 Å². The van der Waals surface area contributed by atoms with Crippen molar-refractivity contribution in [2.45, 2.75) is 0 Å². The lowest BCUT2D eigenvalue weighted by atomic mass is 10.1. The number of phenolic OH excluding ortho intramolecular Hbond substituents is 1. The highest BCUT2D eigenvalue weighted by atomic mass is 32.2. The van der Waals surface area contributed by atoms with Crippen molar-refractivity contribution in [1.82, 2.24) is 0 Å². The van der Waals surface area contributed by atoms with Crippen molar-refractivity contribution in [3.05, 3.63) is 29.8 Å². The second kappa shape index (κ2) is 3.77. The molecule has 1 aromatic rings. The van der Waals surface area contributed by atoms with Gasteiger partial charge in [-0.25, -0.2) is 0 Å². The Kier molecular flexibility index (Phi) is 2.87. The van der Waals surface area contributed by atoms with Crippen molar-refractivity contribution in [2.24, 2.45) is 0 Å². The molecular weight excluding hydrogens is 208 g/mol. The van der Waals surface area contributed by atoms with E-state index < -0.39 is 21.7 Å². The maximum Gasteiger partial charge on any atom is 0.272 e. The fourth-order valence-electron chi connectivity index (χ4n) is 0.953. The van der Waals surface area contributed by atoms with E-state index >= 15 is 0 Å². The maximum absolute atomic E-state index is 11.2. The molecule has 0 aliphatic rings. The molecule has 5 nitrogen and oxygen atoms in total. The molecule has 0 bridgehead atoms. The van der Waals surface area contributed by atoms with Crippen LogP contribution in [0.3, 0.4) is 0 Å². The molecule has 76 valence electrons. The van der Waals surface area contributed by atoms with Gasteiger partial charge in [0.05, 0.1) is 5.56 Å². The van der Waals surface area contributed by atoms with Crippen LogP contribution in [0.4, 0.5) is 0 Å². The summed E-state index contributed by atoms with van der Waals surface area (Å²) in [6.07, 6.45) is 0. The van der Waals surface area contributed by atoms with Gasteiger partial charge in [-0.2, -0.15) is 8.42 Å². The van der Waals surface area contributed by atoms with Crippen molar-refractivity contribution in [3.63, 3.8) is 0 Å². The highest BCUT2D eigenvalue weighted by Crippen LogP contribution is 2.16.